The fourth-order valence-electron chi connectivity index (χ4n) is 1.32. The van der Waals surface area contributed by atoms with Crippen molar-refractivity contribution in [1.29, 1.82) is 0 Å². The van der Waals surface area contributed by atoms with Crippen molar-refractivity contribution in [2.45, 2.75) is 52.5 Å². The molecule has 0 aliphatic carbocycles. The van der Waals surface area contributed by atoms with E-state index in [4.69, 9.17) is 11.5 Å². The van der Waals surface area contributed by atoms with Gasteiger partial charge in [-0.3, -0.25) is 4.79 Å². The Morgan fingerprint density at radius 1 is 1.36 bits per heavy atom. The average molecular weight is 200 g/mol. The van der Waals surface area contributed by atoms with E-state index in [9.17, 15) is 4.79 Å². The summed E-state index contributed by atoms with van der Waals surface area (Å²) < 4.78 is 0. The molecule has 0 aliphatic rings. The van der Waals surface area contributed by atoms with Crippen molar-refractivity contribution < 1.29 is 4.79 Å². The van der Waals surface area contributed by atoms with E-state index in [0.29, 0.717) is 6.54 Å². The lowest BCUT2D eigenvalue weighted by atomic mass is 9.81. The summed E-state index contributed by atoms with van der Waals surface area (Å²) in [5, 5.41) is 0. The average Bonchev–Trinajstić information content (AvgIpc) is 2.17. The highest BCUT2D eigenvalue weighted by Gasteiger charge is 2.29. The Hall–Kier alpha value is -0.410. The highest BCUT2D eigenvalue weighted by Crippen LogP contribution is 2.23. The SMILES string of the molecule is CCC(C)(C)C(=O)[C@@H](N)CCCCN. The van der Waals surface area contributed by atoms with Gasteiger partial charge in [0.2, 0.25) is 0 Å². The van der Waals surface area contributed by atoms with Gasteiger partial charge in [0.05, 0.1) is 6.04 Å². The summed E-state index contributed by atoms with van der Waals surface area (Å²) in [6, 6.07) is -0.309. The third kappa shape index (κ3) is 4.20. The standard InChI is InChI=1S/C11H24N2O/c1-4-11(2,3)10(14)9(13)7-5-6-8-12/h9H,4-8,12-13H2,1-3H3/t9-/m0/s1. The van der Waals surface area contributed by atoms with Crippen LogP contribution in [0.2, 0.25) is 0 Å². The molecule has 0 spiro atoms. The fraction of sp³-hybridized carbons (Fsp3) is 0.909. The maximum Gasteiger partial charge on any atom is 0.155 e. The highest BCUT2D eigenvalue weighted by molar-refractivity contribution is 5.88. The van der Waals surface area contributed by atoms with E-state index in [1.54, 1.807) is 0 Å². The molecule has 0 saturated carbocycles. The molecule has 0 rings (SSSR count). The predicted octanol–water partition coefficient (Wildman–Crippen LogP) is 1.45. The Bertz CT molecular complexity index is 178. The lowest BCUT2D eigenvalue weighted by molar-refractivity contribution is -0.128. The van der Waals surface area contributed by atoms with E-state index >= 15 is 0 Å². The molecule has 0 fully saturated rings. The zero-order chi connectivity index (χ0) is 11.2. The number of hydrogen-bond acceptors (Lipinski definition) is 3. The lowest BCUT2D eigenvalue weighted by Gasteiger charge is -2.24. The summed E-state index contributed by atoms with van der Waals surface area (Å²) in [5.74, 6) is 0.178. The first-order chi connectivity index (χ1) is 6.45. The highest BCUT2D eigenvalue weighted by atomic mass is 16.1. The second-order valence-corrected chi connectivity index (χ2v) is 4.49. The number of carbonyl (C=O) groups is 1. The molecule has 0 aromatic heterocycles. The molecule has 3 nitrogen and oxygen atoms in total. The zero-order valence-corrected chi connectivity index (χ0v) is 9.68. The quantitative estimate of drug-likeness (QED) is 0.611. The molecule has 0 unspecified atom stereocenters. The van der Waals surface area contributed by atoms with Crippen molar-refractivity contribution in [3.05, 3.63) is 0 Å². The first-order valence-electron chi connectivity index (χ1n) is 5.45. The van der Waals surface area contributed by atoms with Crippen molar-refractivity contribution in [3.8, 4) is 0 Å². The first kappa shape index (κ1) is 13.6. The largest absolute Gasteiger partial charge is 0.330 e. The number of carbonyl (C=O) groups excluding carboxylic acids is 1. The van der Waals surface area contributed by atoms with E-state index in [0.717, 1.165) is 25.7 Å². The molecule has 0 amide bonds. The van der Waals surface area contributed by atoms with E-state index in [-0.39, 0.29) is 17.2 Å². The normalized spacial score (nSPS) is 14.1. The summed E-state index contributed by atoms with van der Waals surface area (Å²) in [6.45, 7) is 6.61. The summed E-state index contributed by atoms with van der Waals surface area (Å²) in [7, 11) is 0. The predicted molar refractivity (Wildman–Crippen MR) is 60.0 cm³/mol. The Labute approximate surface area is 87.2 Å². The lowest BCUT2D eigenvalue weighted by Crippen LogP contribution is -2.40. The van der Waals surface area contributed by atoms with Crippen molar-refractivity contribution in [2.75, 3.05) is 6.54 Å². The van der Waals surface area contributed by atoms with E-state index in [2.05, 4.69) is 0 Å². The summed E-state index contributed by atoms with van der Waals surface area (Å²) in [4.78, 5) is 11.8. The van der Waals surface area contributed by atoms with Crippen molar-refractivity contribution in [1.82, 2.24) is 0 Å². The van der Waals surface area contributed by atoms with Gasteiger partial charge in [-0.25, -0.2) is 0 Å². The van der Waals surface area contributed by atoms with Crippen LogP contribution < -0.4 is 11.5 Å². The van der Waals surface area contributed by atoms with Gasteiger partial charge in [0.15, 0.2) is 5.78 Å². The third-order valence-electron chi connectivity index (χ3n) is 2.86. The Kier molecular flexibility index (Phi) is 5.96. The first-order valence-corrected chi connectivity index (χ1v) is 5.45. The van der Waals surface area contributed by atoms with E-state index < -0.39 is 0 Å². The van der Waals surface area contributed by atoms with Crippen molar-refractivity contribution in [2.24, 2.45) is 16.9 Å². The van der Waals surface area contributed by atoms with Crippen LogP contribution in [0, 0.1) is 5.41 Å². The molecule has 0 heterocycles. The molecule has 0 radical (unpaired) electrons. The molecule has 84 valence electrons. The van der Waals surface area contributed by atoms with Gasteiger partial charge < -0.3 is 11.5 Å². The minimum Gasteiger partial charge on any atom is -0.330 e. The molecule has 4 N–H and O–H groups in total. The molecule has 0 aromatic carbocycles. The van der Waals surface area contributed by atoms with Crippen LogP contribution in [0.25, 0.3) is 0 Å². The maximum absolute atomic E-state index is 11.8. The summed E-state index contributed by atoms with van der Waals surface area (Å²) in [5.41, 5.74) is 10.9. The molecule has 0 aliphatic heterocycles. The van der Waals surface area contributed by atoms with Crippen LogP contribution >= 0.6 is 0 Å². The van der Waals surface area contributed by atoms with Gasteiger partial charge >= 0.3 is 0 Å². The number of ketones is 1. The number of unbranched alkanes of at least 4 members (excludes halogenated alkanes) is 1. The third-order valence-corrected chi connectivity index (χ3v) is 2.86. The summed E-state index contributed by atoms with van der Waals surface area (Å²) >= 11 is 0. The van der Waals surface area contributed by atoms with Crippen molar-refractivity contribution >= 4 is 5.78 Å². The summed E-state index contributed by atoms with van der Waals surface area (Å²) in [6.07, 6.45) is 3.51. The second-order valence-electron chi connectivity index (χ2n) is 4.49. The molecule has 14 heavy (non-hydrogen) atoms. The monoisotopic (exact) mass is 200 g/mol. The van der Waals surface area contributed by atoms with Gasteiger partial charge in [0.25, 0.3) is 0 Å². The molecule has 0 bridgehead atoms. The topological polar surface area (TPSA) is 69.1 Å². The van der Waals surface area contributed by atoms with E-state index in [1.807, 2.05) is 20.8 Å². The minimum atomic E-state index is -0.309. The number of hydrogen-bond donors (Lipinski definition) is 2. The van der Waals surface area contributed by atoms with Crippen LogP contribution in [-0.2, 0) is 4.79 Å². The zero-order valence-electron chi connectivity index (χ0n) is 9.68. The van der Waals surface area contributed by atoms with Crippen LogP contribution in [0.3, 0.4) is 0 Å². The van der Waals surface area contributed by atoms with Crippen LogP contribution in [0.15, 0.2) is 0 Å². The van der Waals surface area contributed by atoms with Crippen molar-refractivity contribution in [3.63, 3.8) is 0 Å². The number of rotatable bonds is 7. The Morgan fingerprint density at radius 2 is 1.93 bits per heavy atom. The second kappa shape index (κ2) is 6.14. The molecule has 0 saturated heterocycles. The Morgan fingerprint density at radius 3 is 2.36 bits per heavy atom. The molecule has 3 heteroatoms. The smallest absolute Gasteiger partial charge is 0.155 e. The molecular weight excluding hydrogens is 176 g/mol. The van der Waals surface area contributed by atoms with Gasteiger partial charge in [-0.15, -0.1) is 0 Å². The number of Topliss-reactive ketones (excluding diaryl/α,β-unsaturated/α-hetero) is 1. The fourth-order valence-corrected chi connectivity index (χ4v) is 1.32. The van der Waals surface area contributed by atoms with Gasteiger partial charge in [0.1, 0.15) is 0 Å². The van der Waals surface area contributed by atoms with Gasteiger partial charge in [-0.05, 0) is 25.8 Å². The maximum atomic E-state index is 11.8. The van der Waals surface area contributed by atoms with Crippen LogP contribution in [0.1, 0.15) is 46.5 Å². The molecule has 0 aromatic rings. The van der Waals surface area contributed by atoms with Crippen LogP contribution in [0.4, 0.5) is 0 Å². The van der Waals surface area contributed by atoms with Crippen LogP contribution in [-0.4, -0.2) is 18.4 Å². The molecular formula is C11H24N2O. The van der Waals surface area contributed by atoms with E-state index in [1.165, 1.54) is 0 Å². The number of nitrogens with two attached hydrogens (primary N) is 2. The van der Waals surface area contributed by atoms with Gasteiger partial charge in [-0.2, -0.15) is 0 Å². The minimum absolute atomic E-state index is 0.178. The molecule has 1 atom stereocenters. The van der Waals surface area contributed by atoms with Crippen LogP contribution in [0.5, 0.6) is 0 Å². The Balaban J connectivity index is 3.99. The van der Waals surface area contributed by atoms with Gasteiger partial charge in [-0.1, -0.05) is 27.2 Å². The van der Waals surface area contributed by atoms with Gasteiger partial charge in [0, 0.05) is 5.41 Å².